The van der Waals surface area contributed by atoms with E-state index in [1.54, 1.807) is 24.8 Å². The van der Waals surface area contributed by atoms with E-state index >= 15 is 0 Å². The Morgan fingerprint density at radius 2 is 1.96 bits per heavy atom. The fraction of sp³-hybridized carbons (Fsp3) is 0.375. The highest BCUT2D eigenvalue weighted by Crippen LogP contribution is 2.11. The molecule has 9 heteroatoms. The molecule has 0 aliphatic rings. The molecular weight excluding hydrogens is 360 g/mol. The lowest BCUT2D eigenvalue weighted by Gasteiger charge is -2.12. The summed E-state index contributed by atoms with van der Waals surface area (Å²) in [7, 11) is 1.71. The number of guanidine groups is 1. The number of carbonyl (C=O) groups excluding carboxylic acids is 1. The largest absolute Gasteiger partial charge is 0.356 e. The van der Waals surface area contributed by atoms with E-state index in [0.29, 0.717) is 29.1 Å². The number of amides is 1. The van der Waals surface area contributed by atoms with Gasteiger partial charge in [0.2, 0.25) is 0 Å². The minimum absolute atomic E-state index is 0.0972. The molecule has 0 saturated heterocycles. The standard InChI is InChI=1S/C16H21ClN6OS/c1-11-14(25-10-23-11)15(24)19-7-8-21-16(18-2)20-6-5-12-3-4-13(17)22-9-12/h3-4,9-10H,5-8H2,1-2H3,(H,19,24)(H2,18,20,21). The molecule has 25 heavy (non-hydrogen) atoms. The highest BCUT2D eigenvalue weighted by Gasteiger charge is 2.10. The van der Waals surface area contributed by atoms with Crippen molar-refractivity contribution in [3.05, 3.63) is 45.1 Å². The Hall–Kier alpha value is -2.19. The van der Waals surface area contributed by atoms with E-state index in [4.69, 9.17) is 11.6 Å². The third-order valence-electron chi connectivity index (χ3n) is 3.37. The topological polar surface area (TPSA) is 91.3 Å². The maximum Gasteiger partial charge on any atom is 0.263 e. The Balaban J connectivity index is 1.64. The van der Waals surface area contributed by atoms with Crippen LogP contribution in [0.4, 0.5) is 0 Å². The fourth-order valence-corrected chi connectivity index (χ4v) is 2.89. The summed E-state index contributed by atoms with van der Waals surface area (Å²) in [5, 5.41) is 9.72. The lowest BCUT2D eigenvalue weighted by atomic mass is 10.2. The number of hydrogen-bond donors (Lipinski definition) is 3. The predicted molar refractivity (Wildman–Crippen MR) is 101 cm³/mol. The number of pyridine rings is 1. The minimum atomic E-state index is -0.0972. The van der Waals surface area contributed by atoms with Gasteiger partial charge in [-0.15, -0.1) is 11.3 Å². The summed E-state index contributed by atoms with van der Waals surface area (Å²) in [5.41, 5.74) is 3.52. The van der Waals surface area contributed by atoms with Crippen molar-refractivity contribution in [2.24, 2.45) is 4.99 Å². The first-order chi connectivity index (χ1) is 12.1. The Kier molecular flexibility index (Phi) is 7.62. The summed E-state index contributed by atoms with van der Waals surface area (Å²) in [5.74, 6) is 0.588. The van der Waals surface area contributed by atoms with Crippen LogP contribution in [0.1, 0.15) is 20.9 Å². The highest BCUT2D eigenvalue weighted by molar-refractivity contribution is 7.11. The molecule has 0 radical (unpaired) electrons. The van der Waals surface area contributed by atoms with E-state index in [-0.39, 0.29) is 5.91 Å². The van der Waals surface area contributed by atoms with Crippen molar-refractivity contribution in [1.82, 2.24) is 25.9 Å². The zero-order chi connectivity index (χ0) is 18.1. The number of aryl methyl sites for hydroxylation is 1. The van der Waals surface area contributed by atoms with Gasteiger partial charge in [-0.25, -0.2) is 9.97 Å². The van der Waals surface area contributed by atoms with Gasteiger partial charge in [0.05, 0.1) is 11.2 Å². The summed E-state index contributed by atoms with van der Waals surface area (Å²) in [4.78, 5) is 24.9. The van der Waals surface area contributed by atoms with Crippen molar-refractivity contribution in [2.45, 2.75) is 13.3 Å². The smallest absolute Gasteiger partial charge is 0.263 e. The van der Waals surface area contributed by atoms with Crippen LogP contribution in [0.15, 0.2) is 28.8 Å². The van der Waals surface area contributed by atoms with Crippen LogP contribution in [0.3, 0.4) is 0 Å². The number of thiazole rings is 1. The summed E-state index contributed by atoms with van der Waals surface area (Å²) in [6.07, 6.45) is 2.57. The molecule has 0 spiro atoms. The van der Waals surface area contributed by atoms with Crippen LogP contribution in [-0.4, -0.2) is 48.5 Å². The first-order valence-corrected chi connectivity index (χ1v) is 9.09. The van der Waals surface area contributed by atoms with E-state index in [2.05, 4.69) is 30.9 Å². The van der Waals surface area contributed by atoms with E-state index in [0.717, 1.165) is 24.2 Å². The fourth-order valence-electron chi connectivity index (χ4n) is 2.06. The van der Waals surface area contributed by atoms with Gasteiger partial charge in [0.25, 0.3) is 5.91 Å². The first-order valence-electron chi connectivity index (χ1n) is 7.83. The molecule has 2 rings (SSSR count). The van der Waals surface area contributed by atoms with Crippen molar-refractivity contribution in [3.63, 3.8) is 0 Å². The number of rotatable bonds is 7. The summed E-state index contributed by atoms with van der Waals surface area (Å²) < 4.78 is 0. The molecule has 2 heterocycles. The molecule has 0 atom stereocenters. The SMILES string of the molecule is CN=C(NCCNC(=O)c1scnc1C)NCCc1ccc(Cl)nc1. The Bertz CT molecular complexity index is 716. The number of aliphatic imine (C=N–C) groups is 1. The molecule has 0 saturated carbocycles. The van der Waals surface area contributed by atoms with Crippen molar-refractivity contribution >= 4 is 34.8 Å². The van der Waals surface area contributed by atoms with Gasteiger partial charge in [0.15, 0.2) is 5.96 Å². The van der Waals surface area contributed by atoms with Gasteiger partial charge in [0, 0.05) is 32.9 Å². The van der Waals surface area contributed by atoms with Crippen LogP contribution in [0, 0.1) is 6.92 Å². The van der Waals surface area contributed by atoms with Crippen molar-refractivity contribution in [2.75, 3.05) is 26.7 Å². The van der Waals surface area contributed by atoms with Crippen LogP contribution in [0.25, 0.3) is 0 Å². The van der Waals surface area contributed by atoms with Crippen LogP contribution >= 0.6 is 22.9 Å². The second kappa shape index (κ2) is 9.95. The summed E-state index contributed by atoms with van der Waals surface area (Å²) in [6, 6.07) is 3.72. The van der Waals surface area contributed by atoms with Crippen molar-refractivity contribution < 1.29 is 4.79 Å². The molecule has 2 aromatic heterocycles. The van der Waals surface area contributed by atoms with Gasteiger partial charge in [0.1, 0.15) is 10.0 Å². The molecule has 134 valence electrons. The van der Waals surface area contributed by atoms with E-state index in [1.807, 2.05) is 13.0 Å². The molecule has 7 nitrogen and oxygen atoms in total. The molecule has 2 aromatic rings. The number of carbonyl (C=O) groups is 1. The van der Waals surface area contributed by atoms with Crippen LogP contribution in [0.2, 0.25) is 5.15 Å². The molecule has 0 bridgehead atoms. The van der Waals surface area contributed by atoms with Gasteiger partial charge >= 0.3 is 0 Å². The zero-order valence-corrected chi connectivity index (χ0v) is 15.7. The third kappa shape index (κ3) is 6.32. The van der Waals surface area contributed by atoms with Gasteiger partial charge in [-0.2, -0.15) is 0 Å². The molecule has 3 N–H and O–H groups in total. The number of aromatic nitrogens is 2. The number of hydrogen-bond acceptors (Lipinski definition) is 5. The molecule has 0 aliphatic heterocycles. The van der Waals surface area contributed by atoms with Gasteiger partial charge < -0.3 is 16.0 Å². The highest BCUT2D eigenvalue weighted by atomic mass is 35.5. The maximum absolute atomic E-state index is 12.0. The molecular formula is C16H21ClN6OS. The molecule has 0 unspecified atom stereocenters. The molecule has 0 aliphatic carbocycles. The monoisotopic (exact) mass is 380 g/mol. The first kappa shape index (κ1) is 19.1. The van der Waals surface area contributed by atoms with E-state index in [1.165, 1.54) is 11.3 Å². The average Bonchev–Trinajstić information content (AvgIpc) is 3.04. The van der Waals surface area contributed by atoms with E-state index in [9.17, 15) is 4.79 Å². The minimum Gasteiger partial charge on any atom is -0.356 e. The van der Waals surface area contributed by atoms with Gasteiger partial charge in [-0.3, -0.25) is 9.79 Å². The van der Waals surface area contributed by atoms with Gasteiger partial charge in [-0.1, -0.05) is 17.7 Å². The number of nitrogens with one attached hydrogen (secondary N) is 3. The summed E-state index contributed by atoms with van der Waals surface area (Å²) in [6.45, 7) is 3.62. The lowest BCUT2D eigenvalue weighted by Crippen LogP contribution is -2.42. The second-order valence-electron chi connectivity index (χ2n) is 5.19. The normalized spacial score (nSPS) is 11.2. The lowest BCUT2D eigenvalue weighted by molar-refractivity contribution is 0.0957. The maximum atomic E-state index is 12.0. The Labute approximate surface area is 155 Å². The zero-order valence-electron chi connectivity index (χ0n) is 14.2. The van der Waals surface area contributed by atoms with Crippen LogP contribution < -0.4 is 16.0 Å². The van der Waals surface area contributed by atoms with Crippen LogP contribution in [0.5, 0.6) is 0 Å². The summed E-state index contributed by atoms with van der Waals surface area (Å²) >= 11 is 7.11. The number of halogens is 1. The third-order valence-corrected chi connectivity index (χ3v) is 4.52. The Morgan fingerprint density at radius 1 is 1.20 bits per heavy atom. The van der Waals surface area contributed by atoms with E-state index < -0.39 is 0 Å². The molecule has 0 fully saturated rings. The van der Waals surface area contributed by atoms with Crippen molar-refractivity contribution in [1.29, 1.82) is 0 Å². The van der Waals surface area contributed by atoms with Gasteiger partial charge in [-0.05, 0) is 25.0 Å². The Morgan fingerprint density at radius 3 is 2.60 bits per heavy atom. The molecule has 1 amide bonds. The van der Waals surface area contributed by atoms with Crippen molar-refractivity contribution in [3.8, 4) is 0 Å². The average molecular weight is 381 g/mol. The quantitative estimate of drug-likeness (QED) is 0.294. The second-order valence-corrected chi connectivity index (χ2v) is 6.43. The predicted octanol–water partition coefficient (Wildman–Crippen LogP) is 1.64. The van der Waals surface area contributed by atoms with Crippen LogP contribution in [-0.2, 0) is 6.42 Å². The number of nitrogens with zero attached hydrogens (tertiary/aromatic N) is 3. The molecule has 0 aromatic carbocycles.